The molecule has 0 radical (unpaired) electrons. The summed E-state index contributed by atoms with van der Waals surface area (Å²) >= 11 is 3.62. The van der Waals surface area contributed by atoms with Gasteiger partial charge >= 0.3 is 0 Å². The van der Waals surface area contributed by atoms with Crippen molar-refractivity contribution < 1.29 is 4.74 Å². The van der Waals surface area contributed by atoms with Crippen LogP contribution in [-0.4, -0.2) is 32.1 Å². The zero-order valence-electron chi connectivity index (χ0n) is 11.9. The summed E-state index contributed by atoms with van der Waals surface area (Å²) in [5.74, 6) is 0. The Labute approximate surface area is 129 Å². The highest BCUT2D eigenvalue weighted by molar-refractivity contribution is 9.10. The van der Waals surface area contributed by atoms with E-state index in [1.54, 1.807) is 0 Å². The second-order valence-electron chi connectivity index (χ2n) is 4.99. The molecule has 0 bridgehead atoms. The monoisotopic (exact) mass is 333 g/mol. The molecule has 0 saturated carbocycles. The fourth-order valence-corrected chi connectivity index (χ4v) is 2.53. The van der Waals surface area contributed by atoms with Gasteiger partial charge in [0.1, 0.15) is 6.10 Å². The molecule has 0 aliphatic carbocycles. The maximum absolute atomic E-state index is 6.13. The van der Waals surface area contributed by atoms with Crippen molar-refractivity contribution in [3.05, 3.63) is 70.2 Å². The lowest BCUT2D eigenvalue weighted by Gasteiger charge is -2.21. The molecular formula is C17H20BrNO. The van der Waals surface area contributed by atoms with Crippen molar-refractivity contribution in [3.8, 4) is 0 Å². The molecule has 0 aliphatic heterocycles. The maximum Gasteiger partial charge on any atom is 0.109 e. The molecule has 2 aromatic carbocycles. The minimum atomic E-state index is -0.0354. The molecule has 0 saturated heterocycles. The molecule has 0 fully saturated rings. The predicted octanol–water partition coefficient (Wildman–Crippen LogP) is 4.12. The minimum absolute atomic E-state index is 0.0354. The van der Waals surface area contributed by atoms with Crippen molar-refractivity contribution in [2.75, 3.05) is 27.2 Å². The highest BCUT2D eigenvalue weighted by atomic mass is 79.9. The van der Waals surface area contributed by atoms with Crippen LogP contribution in [0, 0.1) is 0 Å². The van der Waals surface area contributed by atoms with Crippen LogP contribution in [0.3, 0.4) is 0 Å². The van der Waals surface area contributed by atoms with Crippen LogP contribution in [0.2, 0.25) is 0 Å². The van der Waals surface area contributed by atoms with E-state index in [0.29, 0.717) is 6.61 Å². The average Bonchev–Trinajstić information content (AvgIpc) is 2.45. The van der Waals surface area contributed by atoms with Crippen LogP contribution in [0.4, 0.5) is 0 Å². The standard InChI is InChI=1S/C17H20BrNO/c1-19(2)12-13-20-17(14-8-4-3-5-9-14)15-10-6-7-11-16(15)18/h3-11,17H,12-13H2,1-2H3. The Morgan fingerprint density at radius 3 is 2.30 bits per heavy atom. The second kappa shape index (κ2) is 7.58. The van der Waals surface area contributed by atoms with Gasteiger partial charge in [-0.25, -0.2) is 0 Å². The van der Waals surface area contributed by atoms with Crippen LogP contribution < -0.4 is 0 Å². The molecule has 0 aromatic heterocycles. The van der Waals surface area contributed by atoms with Crippen LogP contribution >= 0.6 is 15.9 Å². The largest absolute Gasteiger partial charge is 0.367 e. The number of hydrogen-bond acceptors (Lipinski definition) is 2. The lowest BCUT2D eigenvalue weighted by molar-refractivity contribution is 0.0683. The van der Waals surface area contributed by atoms with Gasteiger partial charge in [0.2, 0.25) is 0 Å². The molecule has 106 valence electrons. The summed E-state index contributed by atoms with van der Waals surface area (Å²) in [7, 11) is 4.11. The molecular weight excluding hydrogens is 314 g/mol. The SMILES string of the molecule is CN(C)CCOC(c1ccccc1)c1ccccc1Br. The molecule has 0 amide bonds. The molecule has 0 spiro atoms. The summed E-state index contributed by atoms with van der Waals surface area (Å²) < 4.78 is 7.22. The third-order valence-electron chi connectivity index (χ3n) is 3.11. The van der Waals surface area contributed by atoms with Gasteiger partial charge in [-0.1, -0.05) is 64.5 Å². The van der Waals surface area contributed by atoms with Crippen LogP contribution in [0.5, 0.6) is 0 Å². The number of rotatable bonds is 6. The summed E-state index contributed by atoms with van der Waals surface area (Å²) in [6.07, 6.45) is -0.0354. The number of ether oxygens (including phenoxy) is 1. The first-order valence-corrected chi connectivity index (χ1v) is 7.53. The van der Waals surface area contributed by atoms with E-state index < -0.39 is 0 Å². The van der Waals surface area contributed by atoms with E-state index in [4.69, 9.17) is 4.74 Å². The van der Waals surface area contributed by atoms with Gasteiger partial charge in [-0.2, -0.15) is 0 Å². The first kappa shape index (κ1) is 15.2. The molecule has 3 heteroatoms. The molecule has 0 N–H and O–H groups in total. The molecule has 0 aliphatic rings. The lowest BCUT2D eigenvalue weighted by Crippen LogP contribution is -2.20. The molecule has 1 atom stereocenters. The molecule has 0 heterocycles. The number of benzene rings is 2. The fraction of sp³-hybridized carbons (Fsp3) is 0.294. The summed E-state index contributed by atoms with van der Waals surface area (Å²) in [4.78, 5) is 2.13. The zero-order valence-corrected chi connectivity index (χ0v) is 13.5. The van der Waals surface area contributed by atoms with Crippen molar-refractivity contribution in [2.45, 2.75) is 6.10 Å². The Kier molecular flexibility index (Phi) is 5.77. The summed E-state index contributed by atoms with van der Waals surface area (Å²) in [6, 6.07) is 18.6. The molecule has 1 unspecified atom stereocenters. The van der Waals surface area contributed by atoms with Crippen LogP contribution in [0.25, 0.3) is 0 Å². The van der Waals surface area contributed by atoms with Gasteiger partial charge in [-0.3, -0.25) is 0 Å². The first-order valence-electron chi connectivity index (χ1n) is 6.74. The summed E-state index contributed by atoms with van der Waals surface area (Å²) in [5, 5.41) is 0. The Morgan fingerprint density at radius 2 is 1.65 bits per heavy atom. The van der Waals surface area contributed by atoms with Crippen LogP contribution in [0.1, 0.15) is 17.2 Å². The minimum Gasteiger partial charge on any atom is -0.367 e. The Hall–Kier alpha value is -1.16. The van der Waals surface area contributed by atoms with E-state index in [-0.39, 0.29) is 6.10 Å². The van der Waals surface area contributed by atoms with Gasteiger partial charge in [0.05, 0.1) is 6.61 Å². The Morgan fingerprint density at radius 1 is 1.00 bits per heavy atom. The number of nitrogens with zero attached hydrogens (tertiary/aromatic N) is 1. The maximum atomic E-state index is 6.13. The van der Waals surface area contributed by atoms with Crippen molar-refractivity contribution >= 4 is 15.9 Å². The number of hydrogen-bond donors (Lipinski definition) is 0. The van der Waals surface area contributed by atoms with Crippen LogP contribution in [0.15, 0.2) is 59.1 Å². The highest BCUT2D eigenvalue weighted by Crippen LogP contribution is 2.31. The van der Waals surface area contributed by atoms with E-state index in [0.717, 1.165) is 16.6 Å². The molecule has 20 heavy (non-hydrogen) atoms. The Bertz CT molecular complexity index is 528. The third kappa shape index (κ3) is 4.17. The van der Waals surface area contributed by atoms with Crippen molar-refractivity contribution in [3.63, 3.8) is 0 Å². The van der Waals surface area contributed by atoms with Crippen molar-refractivity contribution in [2.24, 2.45) is 0 Å². The number of likely N-dealkylation sites (N-methyl/N-ethyl adjacent to an activating group) is 1. The van der Waals surface area contributed by atoms with E-state index in [1.165, 1.54) is 5.56 Å². The van der Waals surface area contributed by atoms with E-state index in [1.807, 2.05) is 18.2 Å². The third-order valence-corrected chi connectivity index (χ3v) is 3.84. The van der Waals surface area contributed by atoms with Gasteiger partial charge in [-0.05, 0) is 31.3 Å². The Balaban J connectivity index is 2.23. The zero-order chi connectivity index (χ0) is 14.4. The quantitative estimate of drug-likeness (QED) is 0.788. The van der Waals surface area contributed by atoms with E-state index in [2.05, 4.69) is 71.3 Å². The van der Waals surface area contributed by atoms with Gasteiger partial charge in [-0.15, -0.1) is 0 Å². The molecule has 2 nitrogen and oxygen atoms in total. The summed E-state index contributed by atoms with van der Waals surface area (Å²) in [6.45, 7) is 1.61. The van der Waals surface area contributed by atoms with E-state index >= 15 is 0 Å². The lowest BCUT2D eigenvalue weighted by atomic mass is 10.0. The van der Waals surface area contributed by atoms with Gasteiger partial charge in [0.25, 0.3) is 0 Å². The van der Waals surface area contributed by atoms with Crippen molar-refractivity contribution in [1.82, 2.24) is 4.90 Å². The second-order valence-corrected chi connectivity index (χ2v) is 5.84. The van der Waals surface area contributed by atoms with Gasteiger partial charge < -0.3 is 9.64 Å². The van der Waals surface area contributed by atoms with Gasteiger partial charge in [0, 0.05) is 11.0 Å². The molecule has 2 rings (SSSR count). The average molecular weight is 334 g/mol. The first-order chi connectivity index (χ1) is 9.68. The van der Waals surface area contributed by atoms with Crippen molar-refractivity contribution in [1.29, 1.82) is 0 Å². The normalized spacial score (nSPS) is 12.6. The highest BCUT2D eigenvalue weighted by Gasteiger charge is 2.16. The fourth-order valence-electron chi connectivity index (χ4n) is 2.03. The van der Waals surface area contributed by atoms with Gasteiger partial charge in [0.15, 0.2) is 0 Å². The smallest absolute Gasteiger partial charge is 0.109 e. The molecule has 2 aromatic rings. The topological polar surface area (TPSA) is 12.5 Å². The summed E-state index contributed by atoms with van der Waals surface area (Å²) in [5.41, 5.74) is 2.34. The van der Waals surface area contributed by atoms with Crippen LogP contribution in [-0.2, 0) is 4.74 Å². The van der Waals surface area contributed by atoms with E-state index in [9.17, 15) is 0 Å². The number of halogens is 1. The predicted molar refractivity (Wildman–Crippen MR) is 86.9 cm³/mol.